The van der Waals surface area contributed by atoms with E-state index in [2.05, 4.69) is 133 Å². The summed E-state index contributed by atoms with van der Waals surface area (Å²) < 4.78 is 0. The molecule has 7 rings (SSSR count). The van der Waals surface area contributed by atoms with E-state index in [1.807, 2.05) is 25.2 Å². The van der Waals surface area contributed by atoms with Crippen LogP contribution in [-0.2, 0) is 4.79 Å². The van der Waals surface area contributed by atoms with Gasteiger partial charge in [0, 0.05) is 25.9 Å². The Bertz CT molecular complexity index is 1900. The third kappa shape index (κ3) is 4.55. The number of carbonyl (C=O) groups is 1. The van der Waals surface area contributed by atoms with Crippen LogP contribution < -0.4 is 15.9 Å². The predicted molar refractivity (Wildman–Crippen MR) is 175 cm³/mol. The van der Waals surface area contributed by atoms with Crippen molar-refractivity contribution in [3.63, 3.8) is 0 Å². The quantitative estimate of drug-likeness (QED) is 0.159. The van der Waals surface area contributed by atoms with Crippen LogP contribution in [0.5, 0.6) is 0 Å². The Balaban J connectivity index is 1.60. The van der Waals surface area contributed by atoms with Crippen LogP contribution >= 0.6 is 7.92 Å². The SMILES string of the molecule is CN(C)/C=C1/C(=O)C1c1ccc2ccccc2c1-c1c(P(c2ccccc2)c2ccccc2)ccc2ccccc12. The molecule has 1 atom stereocenters. The zero-order valence-electron chi connectivity index (χ0n) is 23.2. The van der Waals surface area contributed by atoms with Gasteiger partial charge in [-0.2, -0.15) is 0 Å². The standard InChI is InChI=1S/C38H30NOP/c1-39(2)25-33-36(38(33)40)32-23-21-26-13-9-11-19-30(26)35(32)37-31-20-12-10-14-27(31)22-24-34(37)41(28-15-5-3-6-16-28)29-17-7-4-8-18-29/h3-25,36H,1-2H3/b33-25+. The number of nitrogens with zero attached hydrogens (tertiary/aromatic N) is 1. The first-order chi connectivity index (χ1) is 20.1. The predicted octanol–water partition coefficient (Wildman–Crippen LogP) is 7.53. The number of benzene rings is 6. The first-order valence-corrected chi connectivity index (χ1v) is 15.3. The second-order valence-electron chi connectivity index (χ2n) is 10.8. The molecule has 1 aliphatic carbocycles. The van der Waals surface area contributed by atoms with E-state index in [-0.39, 0.29) is 11.7 Å². The van der Waals surface area contributed by atoms with Crippen molar-refractivity contribution in [1.82, 2.24) is 4.90 Å². The highest BCUT2D eigenvalue weighted by Gasteiger charge is 2.46. The topological polar surface area (TPSA) is 20.3 Å². The van der Waals surface area contributed by atoms with Crippen LogP contribution in [-0.4, -0.2) is 24.8 Å². The Kier molecular flexibility index (Phi) is 6.50. The molecule has 198 valence electrons. The van der Waals surface area contributed by atoms with E-state index < -0.39 is 7.92 Å². The van der Waals surface area contributed by atoms with Crippen molar-refractivity contribution in [2.24, 2.45) is 0 Å². The molecule has 0 bridgehead atoms. The summed E-state index contributed by atoms with van der Waals surface area (Å²) in [4.78, 5) is 15.3. The maximum atomic E-state index is 13.3. The smallest absolute Gasteiger partial charge is 0.173 e. The molecule has 2 nitrogen and oxygen atoms in total. The van der Waals surface area contributed by atoms with Gasteiger partial charge in [-0.15, -0.1) is 0 Å². The van der Waals surface area contributed by atoms with Gasteiger partial charge in [0.25, 0.3) is 0 Å². The molecular formula is C38H30NOP. The number of ketones is 1. The van der Waals surface area contributed by atoms with Crippen LogP contribution in [0.25, 0.3) is 32.7 Å². The van der Waals surface area contributed by atoms with Crippen molar-refractivity contribution in [3.05, 3.63) is 151 Å². The van der Waals surface area contributed by atoms with Crippen LogP contribution in [0.2, 0.25) is 0 Å². The van der Waals surface area contributed by atoms with E-state index in [0.29, 0.717) is 0 Å². The van der Waals surface area contributed by atoms with Crippen molar-refractivity contribution in [1.29, 1.82) is 0 Å². The Labute approximate surface area is 242 Å². The molecule has 0 aromatic heterocycles. The van der Waals surface area contributed by atoms with Gasteiger partial charge < -0.3 is 4.90 Å². The Hall–Kier alpha value is -4.52. The zero-order chi connectivity index (χ0) is 27.9. The molecule has 6 aromatic carbocycles. The monoisotopic (exact) mass is 547 g/mol. The third-order valence-electron chi connectivity index (χ3n) is 7.87. The lowest BCUT2D eigenvalue weighted by Gasteiger charge is -2.25. The summed E-state index contributed by atoms with van der Waals surface area (Å²) in [5.41, 5.74) is 4.38. The number of carbonyl (C=O) groups excluding carboxylic acids is 1. The minimum atomic E-state index is -0.874. The van der Waals surface area contributed by atoms with Gasteiger partial charge in [-0.05, 0) is 62.1 Å². The van der Waals surface area contributed by atoms with Gasteiger partial charge in [0.05, 0.1) is 5.92 Å². The lowest BCUT2D eigenvalue weighted by molar-refractivity contribution is -0.109. The molecule has 41 heavy (non-hydrogen) atoms. The fraction of sp³-hybridized carbons (Fsp3) is 0.0789. The maximum absolute atomic E-state index is 13.3. The molecule has 1 saturated carbocycles. The van der Waals surface area contributed by atoms with Crippen LogP contribution in [0.3, 0.4) is 0 Å². The van der Waals surface area contributed by atoms with E-state index >= 15 is 0 Å². The molecule has 1 fully saturated rings. The molecule has 0 radical (unpaired) electrons. The van der Waals surface area contributed by atoms with Crippen molar-refractivity contribution in [2.75, 3.05) is 14.1 Å². The number of hydrogen-bond acceptors (Lipinski definition) is 2. The van der Waals surface area contributed by atoms with Crippen molar-refractivity contribution in [3.8, 4) is 11.1 Å². The highest BCUT2D eigenvalue weighted by atomic mass is 31.1. The number of rotatable bonds is 6. The van der Waals surface area contributed by atoms with Crippen molar-refractivity contribution < 1.29 is 4.79 Å². The van der Waals surface area contributed by atoms with Crippen LogP contribution in [0.4, 0.5) is 0 Å². The van der Waals surface area contributed by atoms with E-state index in [1.54, 1.807) is 0 Å². The van der Waals surface area contributed by atoms with Crippen LogP contribution in [0, 0.1) is 0 Å². The molecule has 6 aromatic rings. The largest absolute Gasteiger partial charge is 0.383 e. The van der Waals surface area contributed by atoms with Crippen molar-refractivity contribution in [2.45, 2.75) is 5.92 Å². The molecule has 0 saturated heterocycles. The average Bonchev–Trinajstić information content (AvgIpc) is 3.64. The van der Waals surface area contributed by atoms with Gasteiger partial charge in [0.1, 0.15) is 0 Å². The van der Waals surface area contributed by atoms with Gasteiger partial charge in [-0.3, -0.25) is 4.79 Å². The molecule has 0 amide bonds. The molecule has 1 aliphatic rings. The lowest BCUT2D eigenvalue weighted by atomic mass is 9.88. The summed E-state index contributed by atoms with van der Waals surface area (Å²) in [6, 6.07) is 48.0. The third-order valence-corrected chi connectivity index (χ3v) is 10.4. The summed E-state index contributed by atoms with van der Waals surface area (Å²) in [6.45, 7) is 0. The summed E-state index contributed by atoms with van der Waals surface area (Å²) in [5, 5.41) is 8.70. The molecule has 0 heterocycles. The average molecular weight is 548 g/mol. The van der Waals surface area contributed by atoms with Gasteiger partial charge >= 0.3 is 0 Å². The maximum Gasteiger partial charge on any atom is 0.173 e. The van der Waals surface area contributed by atoms with Crippen LogP contribution in [0.1, 0.15) is 11.5 Å². The summed E-state index contributed by atoms with van der Waals surface area (Å²) in [6.07, 6.45) is 1.98. The summed E-state index contributed by atoms with van der Waals surface area (Å²) in [5.74, 6) is -0.00564. The molecule has 3 heteroatoms. The van der Waals surface area contributed by atoms with E-state index in [4.69, 9.17) is 0 Å². The number of allylic oxidation sites excluding steroid dienone is 1. The zero-order valence-corrected chi connectivity index (χ0v) is 24.1. The van der Waals surface area contributed by atoms with Gasteiger partial charge in [-0.25, -0.2) is 0 Å². The fourth-order valence-electron chi connectivity index (χ4n) is 6.04. The number of Topliss-reactive ketones (excluding diaryl/α,β-unsaturated/α-hetero) is 1. The highest BCUT2D eigenvalue weighted by molar-refractivity contribution is 7.80. The lowest BCUT2D eigenvalue weighted by Crippen LogP contribution is -2.22. The Morgan fingerprint density at radius 1 is 0.585 bits per heavy atom. The molecule has 1 unspecified atom stereocenters. The van der Waals surface area contributed by atoms with Gasteiger partial charge in [0.15, 0.2) is 5.78 Å². The van der Waals surface area contributed by atoms with Crippen molar-refractivity contribution >= 4 is 51.2 Å². The fourth-order valence-corrected chi connectivity index (χ4v) is 8.52. The molecule has 0 aliphatic heterocycles. The molecule has 0 spiro atoms. The highest BCUT2D eigenvalue weighted by Crippen LogP contribution is 2.50. The van der Waals surface area contributed by atoms with Gasteiger partial charge in [-0.1, -0.05) is 133 Å². The Morgan fingerprint density at radius 3 is 1.68 bits per heavy atom. The summed E-state index contributed by atoms with van der Waals surface area (Å²) in [7, 11) is 3.08. The van der Waals surface area contributed by atoms with E-state index in [1.165, 1.54) is 48.6 Å². The minimum Gasteiger partial charge on any atom is -0.383 e. The molecule has 0 N–H and O–H groups in total. The minimum absolute atomic E-state index is 0.213. The normalized spacial score (nSPS) is 15.6. The first-order valence-electron chi connectivity index (χ1n) is 14.0. The number of hydrogen-bond donors (Lipinski definition) is 0. The second-order valence-corrected chi connectivity index (χ2v) is 13.0. The van der Waals surface area contributed by atoms with Gasteiger partial charge in [0.2, 0.25) is 0 Å². The second kappa shape index (κ2) is 10.5. The van der Waals surface area contributed by atoms with Crippen LogP contribution in [0.15, 0.2) is 145 Å². The summed E-state index contributed by atoms with van der Waals surface area (Å²) >= 11 is 0. The number of fused-ring (bicyclic) bond motifs is 2. The first kappa shape index (κ1) is 25.4. The Morgan fingerprint density at radius 2 is 1.10 bits per heavy atom. The van der Waals surface area contributed by atoms with E-state index in [9.17, 15) is 4.79 Å². The molecular weight excluding hydrogens is 517 g/mol. The van der Waals surface area contributed by atoms with E-state index in [0.717, 1.165) is 11.1 Å².